The summed E-state index contributed by atoms with van der Waals surface area (Å²) >= 11 is 6.32. The molecule has 0 amide bonds. The van der Waals surface area contributed by atoms with Crippen LogP contribution in [0.3, 0.4) is 0 Å². The summed E-state index contributed by atoms with van der Waals surface area (Å²) in [4.78, 5) is 7.01. The molecule has 1 aliphatic heterocycles. The van der Waals surface area contributed by atoms with Gasteiger partial charge >= 0.3 is 0 Å². The van der Waals surface area contributed by atoms with Gasteiger partial charge in [0.2, 0.25) is 0 Å². The lowest BCUT2D eigenvalue weighted by atomic mass is 9.93. The molecule has 24 heavy (non-hydrogen) atoms. The second-order valence-corrected chi connectivity index (χ2v) is 7.35. The molecule has 4 rings (SSSR count). The average Bonchev–Trinajstić information content (AvgIpc) is 3.01. The molecule has 1 saturated heterocycles. The van der Waals surface area contributed by atoms with Crippen molar-refractivity contribution in [3.05, 3.63) is 41.0 Å². The van der Waals surface area contributed by atoms with E-state index in [0.717, 1.165) is 60.4 Å². The molecule has 0 radical (unpaired) electrons. The zero-order valence-electron chi connectivity index (χ0n) is 13.7. The summed E-state index contributed by atoms with van der Waals surface area (Å²) in [5, 5.41) is 12.1. The summed E-state index contributed by atoms with van der Waals surface area (Å²) in [5.74, 6) is 0.309. The minimum Gasteiger partial charge on any atom is -0.393 e. The molecule has 128 valence electrons. The van der Waals surface area contributed by atoms with Crippen molar-refractivity contribution in [2.24, 2.45) is 5.92 Å². The molecule has 3 atom stereocenters. The SMILES string of the molecule is O[C@@H]1CCC[C@H]1[C@H]1COCCN1Cc1cc(Cl)cc2cccnc12. The lowest BCUT2D eigenvalue weighted by Crippen LogP contribution is -2.50. The largest absolute Gasteiger partial charge is 0.393 e. The molecule has 5 heteroatoms. The van der Waals surface area contributed by atoms with Crippen molar-refractivity contribution in [1.82, 2.24) is 9.88 Å². The van der Waals surface area contributed by atoms with Gasteiger partial charge in [0.15, 0.2) is 0 Å². The van der Waals surface area contributed by atoms with Crippen molar-refractivity contribution in [1.29, 1.82) is 0 Å². The van der Waals surface area contributed by atoms with Crippen LogP contribution in [0.4, 0.5) is 0 Å². The van der Waals surface area contributed by atoms with Crippen LogP contribution in [0.1, 0.15) is 24.8 Å². The summed E-state index contributed by atoms with van der Waals surface area (Å²) in [7, 11) is 0. The molecule has 4 nitrogen and oxygen atoms in total. The Bertz CT molecular complexity index is 724. The van der Waals surface area contributed by atoms with E-state index < -0.39 is 0 Å². The molecule has 2 fully saturated rings. The van der Waals surface area contributed by atoms with Crippen LogP contribution in [0.25, 0.3) is 10.9 Å². The molecule has 1 aliphatic carbocycles. The molecular weight excluding hydrogens is 324 g/mol. The first-order chi connectivity index (χ1) is 11.7. The van der Waals surface area contributed by atoms with Crippen molar-refractivity contribution in [2.75, 3.05) is 19.8 Å². The monoisotopic (exact) mass is 346 g/mol. The maximum absolute atomic E-state index is 10.3. The topological polar surface area (TPSA) is 45.6 Å². The molecule has 1 N–H and O–H groups in total. The van der Waals surface area contributed by atoms with E-state index in [1.54, 1.807) is 0 Å². The van der Waals surface area contributed by atoms with E-state index in [-0.39, 0.29) is 12.1 Å². The van der Waals surface area contributed by atoms with Crippen molar-refractivity contribution in [3.63, 3.8) is 0 Å². The Hall–Kier alpha value is -1.20. The zero-order chi connectivity index (χ0) is 16.5. The summed E-state index contributed by atoms with van der Waals surface area (Å²) in [6.07, 6.45) is 4.74. The lowest BCUT2D eigenvalue weighted by Gasteiger charge is -2.40. The Kier molecular flexibility index (Phi) is 4.72. The van der Waals surface area contributed by atoms with Gasteiger partial charge in [0.05, 0.1) is 24.8 Å². The van der Waals surface area contributed by atoms with Gasteiger partial charge in [0.25, 0.3) is 0 Å². The molecule has 0 spiro atoms. The Morgan fingerprint density at radius 1 is 1.33 bits per heavy atom. The van der Waals surface area contributed by atoms with E-state index in [1.807, 2.05) is 24.4 Å². The van der Waals surface area contributed by atoms with Gasteiger partial charge in [-0.1, -0.05) is 24.1 Å². The van der Waals surface area contributed by atoms with Gasteiger partial charge in [-0.15, -0.1) is 0 Å². The minimum absolute atomic E-state index is 0.201. The number of nitrogens with zero attached hydrogens (tertiary/aromatic N) is 2. The van der Waals surface area contributed by atoms with Gasteiger partial charge in [-0.3, -0.25) is 9.88 Å². The van der Waals surface area contributed by atoms with E-state index in [4.69, 9.17) is 16.3 Å². The molecular formula is C19H23ClN2O2. The molecule has 1 aromatic heterocycles. The number of fused-ring (bicyclic) bond motifs is 1. The fraction of sp³-hybridized carbons (Fsp3) is 0.526. The Morgan fingerprint density at radius 3 is 3.08 bits per heavy atom. The zero-order valence-corrected chi connectivity index (χ0v) is 14.5. The van der Waals surface area contributed by atoms with Crippen LogP contribution >= 0.6 is 11.6 Å². The van der Waals surface area contributed by atoms with Crippen LogP contribution in [-0.4, -0.2) is 46.9 Å². The fourth-order valence-electron chi connectivity index (χ4n) is 4.23. The third-order valence-corrected chi connectivity index (χ3v) is 5.65. The Labute approximate surface area is 147 Å². The molecule has 0 bridgehead atoms. The Morgan fingerprint density at radius 2 is 2.25 bits per heavy atom. The lowest BCUT2D eigenvalue weighted by molar-refractivity contribution is -0.0535. The number of hydrogen-bond acceptors (Lipinski definition) is 4. The van der Waals surface area contributed by atoms with Crippen LogP contribution in [0.2, 0.25) is 5.02 Å². The summed E-state index contributed by atoms with van der Waals surface area (Å²) < 4.78 is 5.73. The fourth-order valence-corrected chi connectivity index (χ4v) is 4.48. The van der Waals surface area contributed by atoms with Crippen LogP contribution in [0.15, 0.2) is 30.5 Å². The quantitative estimate of drug-likeness (QED) is 0.926. The van der Waals surface area contributed by atoms with Crippen molar-refractivity contribution in [2.45, 2.75) is 38.0 Å². The highest BCUT2D eigenvalue weighted by Crippen LogP contribution is 2.33. The first-order valence-corrected chi connectivity index (χ1v) is 9.13. The first kappa shape index (κ1) is 16.3. The molecule has 0 unspecified atom stereocenters. The van der Waals surface area contributed by atoms with Gasteiger partial charge in [0, 0.05) is 41.7 Å². The maximum atomic E-state index is 10.3. The number of aromatic nitrogens is 1. The summed E-state index contributed by atoms with van der Waals surface area (Å²) in [6, 6.07) is 8.25. The van der Waals surface area contributed by atoms with E-state index in [0.29, 0.717) is 12.5 Å². The summed E-state index contributed by atoms with van der Waals surface area (Å²) in [6.45, 7) is 3.12. The number of aliphatic hydroxyl groups excluding tert-OH is 1. The standard InChI is InChI=1S/C19H23ClN2O2/c20-15-9-13-3-2-6-21-19(13)14(10-15)11-22-7-8-24-12-17(22)16-4-1-5-18(16)23/h2-3,6,9-10,16-18,23H,1,4-5,7-8,11-12H2/t16-,17+,18+/m0/s1. The number of rotatable bonds is 3. The summed E-state index contributed by atoms with van der Waals surface area (Å²) in [5.41, 5.74) is 2.16. The predicted octanol–water partition coefficient (Wildman–Crippen LogP) is 3.25. The van der Waals surface area contributed by atoms with Gasteiger partial charge in [0.1, 0.15) is 0 Å². The highest BCUT2D eigenvalue weighted by molar-refractivity contribution is 6.31. The van der Waals surface area contributed by atoms with Crippen LogP contribution in [0, 0.1) is 5.92 Å². The predicted molar refractivity (Wildman–Crippen MR) is 95.1 cm³/mol. The number of pyridine rings is 1. The van der Waals surface area contributed by atoms with E-state index in [9.17, 15) is 5.11 Å². The van der Waals surface area contributed by atoms with Gasteiger partial charge in [-0.2, -0.15) is 0 Å². The second-order valence-electron chi connectivity index (χ2n) is 6.91. The van der Waals surface area contributed by atoms with Crippen molar-refractivity contribution in [3.8, 4) is 0 Å². The van der Waals surface area contributed by atoms with Gasteiger partial charge in [-0.25, -0.2) is 0 Å². The normalized spacial score (nSPS) is 28.5. The van der Waals surface area contributed by atoms with Crippen molar-refractivity contribution >= 4 is 22.5 Å². The smallest absolute Gasteiger partial charge is 0.0747 e. The molecule has 2 heterocycles. The first-order valence-electron chi connectivity index (χ1n) is 8.75. The highest BCUT2D eigenvalue weighted by Gasteiger charge is 2.37. The van der Waals surface area contributed by atoms with Gasteiger partial charge in [-0.05, 0) is 36.6 Å². The number of benzene rings is 1. The third kappa shape index (κ3) is 3.16. The average molecular weight is 347 g/mol. The van der Waals surface area contributed by atoms with Crippen LogP contribution in [-0.2, 0) is 11.3 Å². The third-order valence-electron chi connectivity index (χ3n) is 5.43. The van der Waals surface area contributed by atoms with E-state index >= 15 is 0 Å². The number of ether oxygens (including phenoxy) is 1. The molecule has 2 aromatic rings. The highest BCUT2D eigenvalue weighted by atomic mass is 35.5. The number of halogens is 1. The maximum Gasteiger partial charge on any atom is 0.0747 e. The molecule has 1 saturated carbocycles. The Balaban J connectivity index is 1.63. The number of aliphatic hydroxyl groups is 1. The number of hydrogen-bond donors (Lipinski definition) is 1. The molecule has 2 aliphatic rings. The van der Waals surface area contributed by atoms with Crippen LogP contribution < -0.4 is 0 Å². The second kappa shape index (κ2) is 6.96. The minimum atomic E-state index is -0.201. The van der Waals surface area contributed by atoms with Gasteiger partial charge < -0.3 is 9.84 Å². The molecule has 1 aromatic carbocycles. The van der Waals surface area contributed by atoms with Crippen LogP contribution in [0.5, 0.6) is 0 Å². The number of morpholine rings is 1. The van der Waals surface area contributed by atoms with E-state index in [1.165, 1.54) is 0 Å². The van der Waals surface area contributed by atoms with E-state index in [2.05, 4.69) is 16.0 Å². The van der Waals surface area contributed by atoms with Crippen molar-refractivity contribution < 1.29 is 9.84 Å².